The first-order chi connectivity index (χ1) is 8.74. The van der Waals surface area contributed by atoms with Crippen molar-refractivity contribution in [2.24, 2.45) is 5.92 Å². The van der Waals surface area contributed by atoms with Crippen LogP contribution in [-0.2, 0) is 0 Å². The third-order valence-electron chi connectivity index (χ3n) is 3.48. The predicted molar refractivity (Wildman–Crippen MR) is 72.8 cm³/mol. The van der Waals surface area contributed by atoms with Gasteiger partial charge in [-0.3, -0.25) is 0 Å². The van der Waals surface area contributed by atoms with Crippen LogP contribution in [-0.4, -0.2) is 24.8 Å². The van der Waals surface area contributed by atoms with Crippen molar-refractivity contribution < 1.29 is 5.11 Å². The summed E-state index contributed by atoms with van der Waals surface area (Å²) < 4.78 is 0. The quantitative estimate of drug-likeness (QED) is 0.913. The number of rotatable bonds is 3. The van der Waals surface area contributed by atoms with Gasteiger partial charge in [-0.25, -0.2) is 0 Å². The Balaban J connectivity index is 2.18. The van der Waals surface area contributed by atoms with Crippen molar-refractivity contribution in [3.05, 3.63) is 28.8 Å². The van der Waals surface area contributed by atoms with Crippen LogP contribution in [0.1, 0.15) is 24.8 Å². The maximum Gasteiger partial charge on any atom is 0.101 e. The summed E-state index contributed by atoms with van der Waals surface area (Å²) in [6.07, 6.45) is 3.11. The first-order valence-corrected chi connectivity index (χ1v) is 6.68. The molecule has 4 heteroatoms. The van der Waals surface area contributed by atoms with Crippen molar-refractivity contribution in [3.8, 4) is 6.07 Å². The van der Waals surface area contributed by atoms with E-state index in [2.05, 4.69) is 11.0 Å². The minimum absolute atomic E-state index is 0.240. The average Bonchev–Trinajstić information content (AvgIpc) is 2.39. The minimum Gasteiger partial charge on any atom is -0.396 e. The summed E-state index contributed by atoms with van der Waals surface area (Å²) in [4.78, 5) is 2.23. The van der Waals surface area contributed by atoms with E-state index >= 15 is 0 Å². The van der Waals surface area contributed by atoms with Gasteiger partial charge < -0.3 is 10.0 Å². The first kappa shape index (κ1) is 13.2. The Bertz CT molecular complexity index is 454. The molecule has 1 N–H and O–H groups in total. The lowest BCUT2D eigenvalue weighted by Gasteiger charge is -2.34. The molecule has 1 atom stereocenters. The Morgan fingerprint density at radius 2 is 2.33 bits per heavy atom. The lowest BCUT2D eigenvalue weighted by molar-refractivity contribution is 0.244. The average molecular weight is 265 g/mol. The molecular formula is C14H17ClN2O. The molecular weight excluding hydrogens is 248 g/mol. The zero-order valence-corrected chi connectivity index (χ0v) is 11.0. The number of benzene rings is 1. The molecule has 2 rings (SSSR count). The maximum absolute atomic E-state index is 9.17. The number of aliphatic hydroxyl groups excluding tert-OH is 1. The van der Waals surface area contributed by atoms with Crippen molar-refractivity contribution in [2.45, 2.75) is 19.3 Å². The number of hydrogen-bond donors (Lipinski definition) is 1. The summed E-state index contributed by atoms with van der Waals surface area (Å²) in [6.45, 7) is 2.12. The highest BCUT2D eigenvalue weighted by molar-refractivity contribution is 6.30. The second kappa shape index (κ2) is 6.08. The Morgan fingerprint density at radius 3 is 3.06 bits per heavy atom. The summed E-state index contributed by atoms with van der Waals surface area (Å²) in [5.41, 5.74) is 1.59. The predicted octanol–water partition coefficient (Wildman–Crippen LogP) is 2.81. The fourth-order valence-electron chi connectivity index (χ4n) is 2.58. The molecule has 18 heavy (non-hydrogen) atoms. The second-order valence-corrected chi connectivity index (χ2v) is 5.18. The van der Waals surface area contributed by atoms with Crippen LogP contribution in [0.4, 0.5) is 5.69 Å². The topological polar surface area (TPSA) is 47.3 Å². The van der Waals surface area contributed by atoms with E-state index in [0.717, 1.165) is 38.0 Å². The van der Waals surface area contributed by atoms with Gasteiger partial charge in [-0.1, -0.05) is 11.6 Å². The van der Waals surface area contributed by atoms with Gasteiger partial charge in [-0.05, 0) is 43.4 Å². The molecule has 0 saturated carbocycles. The molecule has 0 bridgehead atoms. The van der Waals surface area contributed by atoms with Crippen molar-refractivity contribution in [3.63, 3.8) is 0 Å². The molecule has 0 amide bonds. The molecule has 1 aromatic carbocycles. The van der Waals surface area contributed by atoms with Crippen molar-refractivity contribution in [1.82, 2.24) is 0 Å². The van der Waals surface area contributed by atoms with Gasteiger partial charge in [0, 0.05) is 24.7 Å². The largest absolute Gasteiger partial charge is 0.396 e. The summed E-state index contributed by atoms with van der Waals surface area (Å²) in [6, 6.07) is 7.67. The molecule has 1 unspecified atom stereocenters. The monoisotopic (exact) mass is 264 g/mol. The Labute approximate surface area is 113 Å². The number of anilines is 1. The summed E-state index contributed by atoms with van der Waals surface area (Å²) in [7, 11) is 0. The first-order valence-electron chi connectivity index (χ1n) is 6.30. The van der Waals surface area contributed by atoms with Crippen LogP contribution in [0.15, 0.2) is 18.2 Å². The normalized spacial score (nSPS) is 19.6. The lowest BCUT2D eigenvalue weighted by atomic mass is 9.94. The second-order valence-electron chi connectivity index (χ2n) is 4.74. The van der Waals surface area contributed by atoms with Gasteiger partial charge in [-0.15, -0.1) is 0 Å². The molecule has 96 valence electrons. The highest BCUT2D eigenvalue weighted by Gasteiger charge is 2.21. The highest BCUT2D eigenvalue weighted by atomic mass is 35.5. The third kappa shape index (κ3) is 2.95. The number of nitriles is 1. The SMILES string of the molecule is N#Cc1cc(Cl)ccc1N1CCCC(CCO)C1. The van der Waals surface area contributed by atoms with Crippen LogP contribution in [0, 0.1) is 17.2 Å². The van der Waals surface area contributed by atoms with Gasteiger partial charge in [0.1, 0.15) is 6.07 Å². The fraction of sp³-hybridized carbons (Fsp3) is 0.500. The molecule has 1 fully saturated rings. The highest BCUT2D eigenvalue weighted by Crippen LogP contribution is 2.29. The minimum atomic E-state index is 0.240. The van der Waals surface area contributed by atoms with E-state index in [1.165, 1.54) is 0 Å². The van der Waals surface area contributed by atoms with Crippen LogP contribution in [0.2, 0.25) is 5.02 Å². The molecule has 0 aromatic heterocycles. The molecule has 0 aliphatic carbocycles. The molecule has 3 nitrogen and oxygen atoms in total. The van der Waals surface area contributed by atoms with E-state index in [1.807, 2.05) is 12.1 Å². The fourth-order valence-corrected chi connectivity index (χ4v) is 2.75. The molecule has 1 saturated heterocycles. The van der Waals surface area contributed by atoms with Gasteiger partial charge in [0.25, 0.3) is 0 Å². The van der Waals surface area contributed by atoms with Crippen molar-refractivity contribution in [1.29, 1.82) is 5.26 Å². The van der Waals surface area contributed by atoms with Gasteiger partial charge in [-0.2, -0.15) is 5.26 Å². The molecule has 0 radical (unpaired) electrons. The number of piperidine rings is 1. The van der Waals surface area contributed by atoms with Crippen molar-refractivity contribution in [2.75, 3.05) is 24.6 Å². The molecule has 1 aromatic rings. The number of halogens is 1. The summed E-state index contributed by atoms with van der Waals surface area (Å²) in [5, 5.41) is 18.8. The van der Waals surface area contributed by atoms with Gasteiger partial charge >= 0.3 is 0 Å². The molecule has 1 aliphatic heterocycles. The zero-order chi connectivity index (χ0) is 13.0. The number of aliphatic hydroxyl groups is 1. The van der Waals surface area contributed by atoms with Crippen LogP contribution >= 0.6 is 11.6 Å². The van der Waals surface area contributed by atoms with E-state index in [9.17, 15) is 0 Å². The smallest absolute Gasteiger partial charge is 0.101 e. The van der Waals surface area contributed by atoms with E-state index < -0.39 is 0 Å². The lowest BCUT2D eigenvalue weighted by Crippen LogP contribution is -2.36. The Morgan fingerprint density at radius 1 is 1.50 bits per heavy atom. The molecule has 1 heterocycles. The van der Waals surface area contributed by atoms with E-state index in [-0.39, 0.29) is 6.61 Å². The Hall–Kier alpha value is -1.24. The third-order valence-corrected chi connectivity index (χ3v) is 3.71. The van der Waals surface area contributed by atoms with Crippen LogP contribution in [0.3, 0.4) is 0 Å². The maximum atomic E-state index is 9.17. The standard InChI is InChI=1S/C14H17ClN2O/c15-13-3-4-14(12(8-13)9-16)17-6-1-2-11(10-17)5-7-18/h3-4,8,11,18H,1-2,5-7,10H2. The Kier molecular flexibility index (Phi) is 4.46. The van der Waals surface area contributed by atoms with E-state index in [0.29, 0.717) is 16.5 Å². The van der Waals surface area contributed by atoms with Gasteiger partial charge in [0.15, 0.2) is 0 Å². The zero-order valence-electron chi connectivity index (χ0n) is 10.3. The summed E-state index contributed by atoms with van der Waals surface area (Å²) >= 11 is 5.91. The van der Waals surface area contributed by atoms with Crippen molar-refractivity contribution >= 4 is 17.3 Å². The van der Waals surface area contributed by atoms with Crippen LogP contribution in [0.25, 0.3) is 0 Å². The van der Waals surface area contributed by atoms with E-state index in [1.54, 1.807) is 6.07 Å². The number of nitrogens with zero attached hydrogens (tertiary/aromatic N) is 2. The van der Waals surface area contributed by atoms with Gasteiger partial charge in [0.2, 0.25) is 0 Å². The molecule has 0 spiro atoms. The van der Waals surface area contributed by atoms with E-state index in [4.69, 9.17) is 22.0 Å². The number of hydrogen-bond acceptors (Lipinski definition) is 3. The van der Waals surface area contributed by atoms with Crippen LogP contribution in [0.5, 0.6) is 0 Å². The van der Waals surface area contributed by atoms with Crippen LogP contribution < -0.4 is 4.90 Å². The summed E-state index contributed by atoms with van der Waals surface area (Å²) in [5.74, 6) is 0.519. The van der Waals surface area contributed by atoms with Gasteiger partial charge in [0.05, 0.1) is 11.3 Å². The molecule has 1 aliphatic rings.